The number of hydrogen-bond donors (Lipinski definition) is 2. The number of nitrogens with two attached hydrogens (primary N) is 1. The molecule has 88 valence electrons. The molecule has 0 unspecified atom stereocenters. The van der Waals surface area contributed by atoms with Crippen molar-refractivity contribution >= 4 is 5.91 Å². The summed E-state index contributed by atoms with van der Waals surface area (Å²) in [5.41, 5.74) is 5.38. The highest BCUT2D eigenvalue weighted by Gasteiger charge is 2.11. The highest BCUT2D eigenvalue weighted by atomic mass is 16.5. The Morgan fingerprint density at radius 3 is 2.80 bits per heavy atom. The van der Waals surface area contributed by atoms with Gasteiger partial charge in [0, 0.05) is 25.1 Å². The highest BCUT2D eigenvalue weighted by Crippen LogP contribution is 1.95. The SMILES string of the molecule is C=CCOCCCC(=O)NCC(C)(C)N. The van der Waals surface area contributed by atoms with Gasteiger partial charge in [-0.1, -0.05) is 6.08 Å². The standard InChI is InChI=1S/C11H22N2O2/c1-4-7-15-8-5-6-10(14)13-9-11(2,3)12/h4H,1,5-9,12H2,2-3H3,(H,13,14). The van der Waals surface area contributed by atoms with Gasteiger partial charge < -0.3 is 15.8 Å². The zero-order valence-corrected chi connectivity index (χ0v) is 9.71. The molecule has 0 aliphatic rings. The lowest BCUT2D eigenvalue weighted by atomic mass is 10.1. The minimum absolute atomic E-state index is 0.0238. The first-order valence-electron chi connectivity index (χ1n) is 5.20. The van der Waals surface area contributed by atoms with Crippen LogP contribution in [0.4, 0.5) is 0 Å². The summed E-state index contributed by atoms with van der Waals surface area (Å²) in [5.74, 6) is 0.0238. The van der Waals surface area contributed by atoms with Crippen molar-refractivity contribution in [3.8, 4) is 0 Å². The Balaban J connectivity index is 3.38. The average Bonchev–Trinajstić information content (AvgIpc) is 2.13. The number of carbonyl (C=O) groups is 1. The zero-order chi connectivity index (χ0) is 11.7. The van der Waals surface area contributed by atoms with Crippen LogP contribution in [0.25, 0.3) is 0 Å². The Hall–Kier alpha value is -0.870. The molecule has 0 aliphatic heterocycles. The minimum Gasteiger partial charge on any atom is -0.377 e. The van der Waals surface area contributed by atoms with E-state index in [1.807, 2.05) is 13.8 Å². The Morgan fingerprint density at radius 2 is 2.27 bits per heavy atom. The Morgan fingerprint density at radius 1 is 1.60 bits per heavy atom. The highest BCUT2D eigenvalue weighted by molar-refractivity contribution is 5.75. The van der Waals surface area contributed by atoms with E-state index in [-0.39, 0.29) is 11.4 Å². The van der Waals surface area contributed by atoms with Gasteiger partial charge in [0.25, 0.3) is 0 Å². The molecule has 0 aromatic heterocycles. The van der Waals surface area contributed by atoms with E-state index in [2.05, 4.69) is 11.9 Å². The smallest absolute Gasteiger partial charge is 0.220 e. The van der Waals surface area contributed by atoms with Gasteiger partial charge in [-0.05, 0) is 20.3 Å². The molecule has 15 heavy (non-hydrogen) atoms. The lowest BCUT2D eigenvalue weighted by Crippen LogP contribution is -2.45. The Bertz CT molecular complexity index is 197. The molecule has 0 saturated carbocycles. The predicted molar refractivity (Wildman–Crippen MR) is 61.5 cm³/mol. The molecule has 0 saturated heterocycles. The van der Waals surface area contributed by atoms with E-state index in [0.717, 1.165) is 6.42 Å². The summed E-state index contributed by atoms with van der Waals surface area (Å²) in [6.07, 6.45) is 2.90. The van der Waals surface area contributed by atoms with Crippen LogP contribution in [-0.4, -0.2) is 31.2 Å². The molecule has 0 atom stereocenters. The van der Waals surface area contributed by atoms with Crippen LogP contribution in [0.15, 0.2) is 12.7 Å². The van der Waals surface area contributed by atoms with Crippen molar-refractivity contribution in [2.24, 2.45) is 5.73 Å². The molecule has 0 aromatic rings. The Kier molecular flexibility index (Phi) is 6.99. The first kappa shape index (κ1) is 14.1. The fraction of sp³-hybridized carbons (Fsp3) is 0.727. The van der Waals surface area contributed by atoms with Gasteiger partial charge in [0.15, 0.2) is 0 Å². The molecule has 0 aliphatic carbocycles. The molecule has 0 bridgehead atoms. The summed E-state index contributed by atoms with van der Waals surface area (Å²) >= 11 is 0. The van der Waals surface area contributed by atoms with Gasteiger partial charge in [0.05, 0.1) is 6.61 Å². The molecular formula is C11H22N2O2. The van der Waals surface area contributed by atoms with Crippen molar-refractivity contribution in [1.29, 1.82) is 0 Å². The van der Waals surface area contributed by atoms with E-state index >= 15 is 0 Å². The van der Waals surface area contributed by atoms with Gasteiger partial charge in [-0.25, -0.2) is 0 Å². The molecule has 4 nitrogen and oxygen atoms in total. The maximum Gasteiger partial charge on any atom is 0.220 e. The fourth-order valence-electron chi connectivity index (χ4n) is 0.916. The largest absolute Gasteiger partial charge is 0.377 e. The van der Waals surface area contributed by atoms with Crippen molar-refractivity contribution in [2.75, 3.05) is 19.8 Å². The van der Waals surface area contributed by atoms with Crippen LogP contribution < -0.4 is 11.1 Å². The summed E-state index contributed by atoms with van der Waals surface area (Å²) in [5, 5.41) is 2.77. The van der Waals surface area contributed by atoms with Crippen LogP contribution in [0.1, 0.15) is 26.7 Å². The molecule has 0 rings (SSSR count). The number of hydrogen-bond acceptors (Lipinski definition) is 3. The zero-order valence-electron chi connectivity index (χ0n) is 9.71. The average molecular weight is 214 g/mol. The summed E-state index contributed by atoms with van der Waals surface area (Å²) in [6.45, 7) is 8.91. The van der Waals surface area contributed by atoms with Gasteiger partial charge in [-0.2, -0.15) is 0 Å². The third-order valence-electron chi connectivity index (χ3n) is 1.67. The Labute approximate surface area is 91.9 Å². The first-order chi connectivity index (χ1) is 6.95. The van der Waals surface area contributed by atoms with Crippen molar-refractivity contribution in [3.05, 3.63) is 12.7 Å². The van der Waals surface area contributed by atoms with Crippen LogP contribution in [-0.2, 0) is 9.53 Å². The molecule has 3 N–H and O–H groups in total. The summed E-state index contributed by atoms with van der Waals surface area (Å²) < 4.78 is 5.16. The third kappa shape index (κ3) is 11.1. The molecule has 1 amide bonds. The molecule has 0 aromatic carbocycles. The second-order valence-corrected chi connectivity index (χ2v) is 4.23. The molecule has 0 radical (unpaired) electrons. The van der Waals surface area contributed by atoms with Crippen LogP contribution >= 0.6 is 0 Å². The lowest BCUT2D eigenvalue weighted by molar-refractivity contribution is -0.121. The number of ether oxygens (including phenoxy) is 1. The molecular weight excluding hydrogens is 192 g/mol. The summed E-state index contributed by atoms with van der Waals surface area (Å²) in [4.78, 5) is 11.3. The number of rotatable bonds is 8. The normalized spacial score (nSPS) is 11.1. The van der Waals surface area contributed by atoms with Crippen molar-refractivity contribution < 1.29 is 9.53 Å². The van der Waals surface area contributed by atoms with Gasteiger partial charge >= 0.3 is 0 Å². The topological polar surface area (TPSA) is 64.3 Å². The summed E-state index contributed by atoms with van der Waals surface area (Å²) in [6, 6.07) is 0. The van der Waals surface area contributed by atoms with Crippen molar-refractivity contribution in [1.82, 2.24) is 5.32 Å². The van der Waals surface area contributed by atoms with Gasteiger partial charge in [-0.15, -0.1) is 6.58 Å². The second-order valence-electron chi connectivity index (χ2n) is 4.23. The van der Waals surface area contributed by atoms with Crippen LogP contribution in [0.5, 0.6) is 0 Å². The monoisotopic (exact) mass is 214 g/mol. The van der Waals surface area contributed by atoms with Crippen LogP contribution in [0.2, 0.25) is 0 Å². The van der Waals surface area contributed by atoms with E-state index in [1.54, 1.807) is 6.08 Å². The minimum atomic E-state index is -0.352. The number of amides is 1. The maximum atomic E-state index is 11.3. The third-order valence-corrected chi connectivity index (χ3v) is 1.67. The molecule has 0 spiro atoms. The number of carbonyl (C=O) groups excluding carboxylic acids is 1. The van der Waals surface area contributed by atoms with E-state index in [0.29, 0.717) is 26.2 Å². The van der Waals surface area contributed by atoms with Crippen LogP contribution in [0, 0.1) is 0 Å². The lowest BCUT2D eigenvalue weighted by Gasteiger charge is -2.18. The first-order valence-corrected chi connectivity index (χ1v) is 5.20. The van der Waals surface area contributed by atoms with Gasteiger partial charge in [-0.3, -0.25) is 4.79 Å². The van der Waals surface area contributed by atoms with E-state index in [4.69, 9.17) is 10.5 Å². The molecule has 0 fully saturated rings. The quantitative estimate of drug-likeness (QED) is 0.464. The maximum absolute atomic E-state index is 11.3. The van der Waals surface area contributed by atoms with Crippen LogP contribution in [0.3, 0.4) is 0 Å². The van der Waals surface area contributed by atoms with E-state index in [1.165, 1.54) is 0 Å². The van der Waals surface area contributed by atoms with Gasteiger partial charge in [0.2, 0.25) is 5.91 Å². The number of nitrogens with one attached hydrogen (secondary N) is 1. The van der Waals surface area contributed by atoms with E-state index < -0.39 is 0 Å². The van der Waals surface area contributed by atoms with Crippen molar-refractivity contribution in [3.63, 3.8) is 0 Å². The van der Waals surface area contributed by atoms with Gasteiger partial charge in [0.1, 0.15) is 0 Å². The van der Waals surface area contributed by atoms with Crippen molar-refractivity contribution in [2.45, 2.75) is 32.2 Å². The summed E-state index contributed by atoms with van der Waals surface area (Å²) in [7, 11) is 0. The molecule has 0 heterocycles. The fourth-order valence-corrected chi connectivity index (χ4v) is 0.916. The van der Waals surface area contributed by atoms with E-state index in [9.17, 15) is 4.79 Å². The second kappa shape index (κ2) is 7.43. The molecule has 4 heteroatoms. The predicted octanol–water partition coefficient (Wildman–Crippen LogP) is 0.823.